The fraction of sp³-hybridized carbons (Fsp3) is 0.529. The zero-order valence-electron chi connectivity index (χ0n) is 11.7. The van der Waals surface area contributed by atoms with Gasteiger partial charge in [-0.2, -0.15) is 0 Å². The quantitative estimate of drug-likeness (QED) is 0.792. The molecule has 0 radical (unpaired) electrons. The maximum absolute atomic E-state index is 6.11. The number of aryl methyl sites for hydroxylation is 1. The van der Waals surface area contributed by atoms with E-state index in [4.69, 9.17) is 5.73 Å². The number of hydrogen-bond donors (Lipinski definition) is 1. The molecule has 18 heavy (non-hydrogen) atoms. The first-order chi connectivity index (χ1) is 8.55. The number of benzene rings is 1. The van der Waals surface area contributed by atoms with Crippen molar-refractivity contribution in [2.24, 2.45) is 11.1 Å². The Morgan fingerprint density at radius 1 is 1.17 bits per heavy atom. The van der Waals surface area contributed by atoms with Crippen molar-refractivity contribution in [3.63, 3.8) is 0 Å². The number of nitrogens with two attached hydrogens (primary N) is 1. The van der Waals surface area contributed by atoms with Crippen LogP contribution in [0, 0.1) is 5.41 Å². The van der Waals surface area contributed by atoms with Crippen molar-refractivity contribution in [3.05, 3.63) is 47.5 Å². The van der Waals surface area contributed by atoms with Crippen LogP contribution in [0.1, 0.15) is 45.1 Å². The molecule has 0 saturated carbocycles. The molecule has 0 fully saturated rings. The van der Waals surface area contributed by atoms with Crippen molar-refractivity contribution in [3.8, 4) is 0 Å². The highest BCUT2D eigenvalue weighted by atomic mass is 14.6. The van der Waals surface area contributed by atoms with Crippen LogP contribution in [0.2, 0.25) is 0 Å². The minimum absolute atomic E-state index is 0.264. The van der Waals surface area contributed by atoms with E-state index in [9.17, 15) is 0 Å². The molecule has 2 rings (SSSR count). The SMILES string of the molecule is CC1(C)CC(CCCc2ccccc2)=CC(N)C1. The van der Waals surface area contributed by atoms with E-state index in [0.29, 0.717) is 5.41 Å². The molecule has 0 saturated heterocycles. The monoisotopic (exact) mass is 243 g/mol. The summed E-state index contributed by atoms with van der Waals surface area (Å²) < 4.78 is 0. The molecular weight excluding hydrogens is 218 g/mol. The Kier molecular flexibility index (Phi) is 4.23. The Morgan fingerprint density at radius 3 is 2.56 bits per heavy atom. The van der Waals surface area contributed by atoms with Crippen LogP contribution in [-0.4, -0.2) is 6.04 Å². The van der Waals surface area contributed by atoms with E-state index in [2.05, 4.69) is 50.3 Å². The van der Waals surface area contributed by atoms with Gasteiger partial charge in [-0.15, -0.1) is 0 Å². The molecule has 2 N–H and O–H groups in total. The van der Waals surface area contributed by atoms with Gasteiger partial charge in [-0.25, -0.2) is 0 Å². The summed E-state index contributed by atoms with van der Waals surface area (Å²) in [6, 6.07) is 11.0. The average molecular weight is 243 g/mol. The van der Waals surface area contributed by atoms with Crippen LogP contribution in [0.5, 0.6) is 0 Å². The van der Waals surface area contributed by atoms with Crippen LogP contribution in [0.25, 0.3) is 0 Å². The van der Waals surface area contributed by atoms with E-state index >= 15 is 0 Å². The number of allylic oxidation sites excluding steroid dienone is 1. The lowest BCUT2D eigenvalue weighted by atomic mass is 9.74. The second kappa shape index (κ2) is 5.71. The minimum atomic E-state index is 0.264. The summed E-state index contributed by atoms with van der Waals surface area (Å²) in [6.07, 6.45) is 8.25. The van der Waals surface area contributed by atoms with Crippen LogP contribution < -0.4 is 5.73 Å². The van der Waals surface area contributed by atoms with Crippen molar-refractivity contribution in [1.29, 1.82) is 0 Å². The van der Waals surface area contributed by atoms with Gasteiger partial charge in [-0.05, 0) is 43.1 Å². The van der Waals surface area contributed by atoms with Gasteiger partial charge >= 0.3 is 0 Å². The smallest absolute Gasteiger partial charge is 0.0231 e. The zero-order valence-corrected chi connectivity index (χ0v) is 11.7. The standard InChI is InChI=1S/C17H25N/c1-17(2)12-15(11-16(18)13-17)10-6-9-14-7-4-3-5-8-14/h3-5,7-8,11,16H,6,9-10,12-13,18H2,1-2H3. The van der Waals surface area contributed by atoms with Gasteiger partial charge in [0.05, 0.1) is 0 Å². The maximum atomic E-state index is 6.11. The predicted octanol–water partition coefficient (Wildman–Crippen LogP) is 4.08. The van der Waals surface area contributed by atoms with Crippen LogP contribution in [0.3, 0.4) is 0 Å². The molecule has 0 spiro atoms. The van der Waals surface area contributed by atoms with Crippen molar-refractivity contribution in [2.45, 2.75) is 52.0 Å². The van der Waals surface area contributed by atoms with Gasteiger partial charge in [0.15, 0.2) is 0 Å². The van der Waals surface area contributed by atoms with Gasteiger partial charge in [0.1, 0.15) is 0 Å². The molecule has 1 aliphatic rings. The molecule has 0 bridgehead atoms. The zero-order chi connectivity index (χ0) is 13.0. The Balaban J connectivity index is 1.83. The summed E-state index contributed by atoms with van der Waals surface area (Å²) in [5.41, 5.74) is 9.50. The summed E-state index contributed by atoms with van der Waals surface area (Å²) in [4.78, 5) is 0. The van der Waals surface area contributed by atoms with E-state index in [1.54, 1.807) is 5.57 Å². The molecule has 0 heterocycles. The summed E-state index contributed by atoms with van der Waals surface area (Å²) in [6.45, 7) is 4.66. The molecule has 98 valence electrons. The molecular formula is C17H25N. The van der Waals surface area contributed by atoms with Crippen molar-refractivity contribution in [2.75, 3.05) is 0 Å². The third-order valence-electron chi connectivity index (χ3n) is 3.75. The van der Waals surface area contributed by atoms with E-state index in [-0.39, 0.29) is 6.04 Å². The summed E-state index contributed by atoms with van der Waals surface area (Å²) in [5, 5.41) is 0. The average Bonchev–Trinajstić information content (AvgIpc) is 2.27. The lowest BCUT2D eigenvalue weighted by Crippen LogP contribution is -2.31. The van der Waals surface area contributed by atoms with Gasteiger partial charge in [0, 0.05) is 6.04 Å². The van der Waals surface area contributed by atoms with Gasteiger partial charge < -0.3 is 5.73 Å². The van der Waals surface area contributed by atoms with Crippen LogP contribution in [-0.2, 0) is 6.42 Å². The van der Waals surface area contributed by atoms with Crippen molar-refractivity contribution in [1.82, 2.24) is 0 Å². The second-order valence-corrected chi connectivity index (χ2v) is 6.37. The Hall–Kier alpha value is -1.08. The third kappa shape index (κ3) is 3.99. The molecule has 1 heteroatoms. The lowest BCUT2D eigenvalue weighted by molar-refractivity contribution is 0.297. The lowest BCUT2D eigenvalue weighted by Gasteiger charge is -2.33. The summed E-state index contributed by atoms with van der Waals surface area (Å²) in [7, 11) is 0. The Morgan fingerprint density at radius 2 is 1.89 bits per heavy atom. The van der Waals surface area contributed by atoms with Crippen LogP contribution in [0.15, 0.2) is 42.0 Å². The first-order valence-electron chi connectivity index (χ1n) is 7.04. The highest BCUT2D eigenvalue weighted by Gasteiger charge is 2.26. The molecule has 1 aliphatic carbocycles. The van der Waals surface area contributed by atoms with Gasteiger partial charge in [-0.3, -0.25) is 0 Å². The normalized spacial score (nSPS) is 22.6. The van der Waals surface area contributed by atoms with Gasteiger partial charge in [-0.1, -0.05) is 55.8 Å². The molecule has 0 amide bonds. The minimum Gasteiger partial charge on any atom is -0.324 e. The molecule has 1 unspecified atom stereocenters. The summed E-state index contributed by atoms with van der Waals surface area (Å²) in [5.74, 6) is 0. The Bertz CT molecular complexity index is 403. The highest BCUT2D eigenvalue weighted by molar-refractivity contribution is 5.17. The molecule has 0 aromatic heterocycles. The van der Waals surface area contributed by atoms with E-state index in [0.717, 1.165) is 6.42 Å². The van der Waals surface area contributed by atoms with Crippen molar-refractivity contribution < 1.29 is 0 Å². The predicted molar refractivity (Wildman–Crippen MR) is 78.5 cm³/mol. The van der Waals surface area contributed by atoms with E-state index < -0.39 is 0 Å². The van der Waals surface area contributed by atoms with Crippen LogP contribution in [0.4, 0.5) is 0 Å². The number of hydrogen-bond acceptors (Lipinski definition) is 1. The fourth-order valence-corrected chi connectivity index (χ4v) is 3.08. The van der Waals surface area contributed by atoms with Crippen molar-refractivity contribution >= 4 is 0 Å². The molecule has 1 aromatic carbocycles. The number of rotatable bonds is 4. The van der Waals surface area contributed by atoms with E-state index in [1.807, 2.05) is 0 Å². The maximum Gasteiger partial charge on any atom is 0.0231 e. The largest absolute Gasteiger partial charge is 0.324 e. The second-order valence-electron chi connectivity index (χ2n) is 6.37. The summed E-state index contributed by atoms with van der Waals surface area (Å²) >= 11 is 0. The van der Waals surface area contributed by atoms with E-state index in [1.165, 1.54) is 31.2 Å². The molecule has 0 aliphatic heterocycles. The van der Waals surface area contributed by atoms with Crippen LogP contribution >= 0.6 is 0 Å². The van der Waals surface area contributed by atoms with Gasteiger partial charge in [0.2, 0.25) is 0 Å². The fourth-order valence-electron chi connectivity index (χ4n) is 3.08. The third-order valence-corrected chi connectivity index (χ3v) is 3.75. The molecule has 1 nitrogen and oxygen atoms in total. The highest BCUT2D eigenvalue weighted by Crippen LogP contribution is 2.36. The molecule has 1 atom stereocenters. The first kappa shape index (κ1) is 13.4. The Labute approximate surface area is 111 Å². The molecule has 1 aromatic rings. The first-order valence-corrected chi connectivity index (χ1v) is 7.04. The van der Waals surface area contributed by atoms with Gasteiger partial charge in [0.25, 0.3) is 0 Å². The topological polar surface area (TPSA) is 26.0 Å².